The highest BCUT2D eigenvalue weighted by atomic mass is 19.1. The molecule has 3 atom stereocenters. The lowest BCUT2D eigenvalue weighted by Crippen LogP contribution is -2.41. The number of carbonyl (C=O) groups excluding carboxylic acids is 1. The zero-order valence-electron chi connectivity index (χ0n) is 17.3. The third kappa shape index (κ3) is 2.98. The number of aromatic nitrogens is 1. The number of amides is 1. The Morgan fingerprint density at radius 1 is 1.03 bits per heavy atom. The molecule has 166 valence electrons. The molecule has 7 heteroatoms. The van der Waals surface area contributed by atoms with Gasteiger partial charge in [0.1, 0.15) is 17.5 Å². The number of hydrogen-bond donors (Lipinski definition) is 2. The van der Waals surface area contributed by atoms with E-state index in [2.05, 4.69) is 4.98 Å². The van der Waals surface area contributed by atoms with Gasteiger partial charge in [-0.25, -0.2) is 13.2 Å². The minimum absolute atomic E-state index is 0.0127. The van der Waals surface area contributed by atoms with Crippen molar-refractivity contribution in [3.8, 4) is 11.3 Å². The molecule has 0 spiro atoms. The van der Waals surface area contributed by atoms with Crippen LogP contribution in [0.5, 0.6) is 0 Å². The maximum Gasteiger partial charge on any atom is 0.225 e. The van der Waals surface area contributed by atoms with E-state index >= 15 is 0 Å². The van der Waals surface area contributed by atoms with E-state index in [1.165, 1.54) is 18.2 Å². The number of piperidine rings is 1. The summed E-state index contributed by atoms with van der Waals surface area (Å²) in [6.45, 7) is 1.64. The molecule has 2 saturated carbocycles. The van der Waals surface area contributed by atoms with Gasteiger partial charge in [-0.2, -0.15) is 0 Å². The van der Waals surface area contributed by atoms with E-state index in [1.54, 1.807) is 12.1 Å². The molecular formula is C25H23F3N2O2. The van der Waals surface area contributed by atoms with Crippen LogP contribution in [0.15, 0.2) is 36.4 Å². The molecule has 3 fully saturated rings. The first kappa shape index (κ1) is 19.9. The second-order valence-electron chi connectivity index (χ2n) is 9.51. The predicted molar refractivity (Wildman–Crippen MR) is 113 cm³/mol. The molecule has 3 aromatic rings. The van der Waals surface area contributed by atoms with E-state index in [1.807, 2.05) is 4.90 Å². The van der Waals surface area contributed by atoms with Crippen molar-refractivity contribution in [2.24, 2.45) is 23.7 Å². The van der Waals surface area contributed by atoms with E-state index in [0.717, 1.165) is 24.7 Å². The van der Waals surface area contributed by atoms with Gasteiger partial charge in [-0.3, -0.25) is 4.79 Å². The molecule has 6 rings (SSSR count). The van der Waals surface area contributed by atoms with Crippen LogP contribution >= 0.6 is 0 Å². The smallest absolute Gasteiger partial charge is 0.225 e. The summed E-state index contributed by atoms with van der Waals surface area (Å²) >= 11 is 0. The van der Waals surface area contributed by atoms with Crippen molar-refractivity contribution >= 4 is 16.8 Å². The molecule has 0 bridgehead atoms. The average molecular weight is 440 g/mol. The van der Waals surface area contributed by atoms with Crippen LogP contribution in [0.3, 0.4) is 0 Å². The Morgan fingerprint density at radius 3 is 2.38 bits per heavy atom. The Morgan fingerprint density at radius 2 is 1.72 bits per heavy atom. The number of carbonyl (C=O) groups is 1. The van der Waals surface area contributed by atoms with Gasteiger partial charge in [0.05, 0.1) is 11.2 Å². The number of rotatable bonds is 4. The van der Waals surface area contributed by atoms with Crippen LogP contribution in [0.1, 0.15) is 24.3 Å². The first-order chi connectivity index (χ1) is 15.4. The monoisotopic (exact) mass is 440 g/mol. The Labute approximate surface area is 183 Å². The van der Waals surface area contributed by atoms with Crippen LogP contribution in [-0.4, -0.2) is 40.6 Å². The third-order valence-corrected chi connectivity index (χ3v) is 7.79. The zero-order valence-corrected chi connectivity index (χ0v) is 17.3. The minimum atomic E-state index is -0.670. The van der Waals surface area contributed by atoms with Gasteiger partial charge in [0.2, 0.25) is 5.91 Å². The molecule has 4 nitrogen and oxygen atoms in total. The van der Waals surface area contributed by atoms with E-state index < -0.39 is 11.6 Å². The quantitative estimate of drug-likeness (QED) is 0.630. The topological polar surface area (TPSA) is 56.3 Å². The number of nitrogens with zero attached hydrogens (tertiary/aromatic N) is 1. The first-order valence-electron chi connectivity index (χ1n) is 11.1. The van der Waals surface area contributed by atoms with Crippen LogP contribution in [-0.2, 0) is 4.79 Å². The molecule has 2 N–H and O–H groups in total. The summed E-state index contributed by atoms with van der Waals surface area (Å²) < 4.78 is 42.0. The molecule has 2 heterocycles. The van der Waals surface area contributed by atoms with Crippen LogP contribution < -0.4 is 0 Å². The molecule has 1 aromatic heterocycles. The van der Waals surface area contributed by atoms with Crippen molar-refractivity contribution in [3.05, 3.63) is 59.4 Å². The predicted octanol–water partition coefficient (Wildman–Crippen LogP) is 4.44. The molecule has 3 aliphatic rings. The SMILES string of the molecule is O=C(C1CC(c2c(-c3ccc(F)cc3)[nH]c3c(F)cc(F)cc23)C1)N1C[C@@H]2C(CO)[C@@H]2C1. The fourth-order valence-electron chi connectivity index (χ4n) is 5.92. The first-order valence-corrected chi connectivity index (χ1v) is 11.1. The van der Waals surface area contributed by atoms with Gasteiger partial charge in [-0.15, -0.1) is 0 Å². The highest BCUT2D eigenvalue weighted by Gasteiger charge is 2.57. The summed E-state index contributed by atoms with van der Waals surface area (Å²) in [7, 11) is 0. The Balaban J connectivity index is 1.28. The molecule has 1 unspecified atom stereocenters. The summed E-state index contributed by atoms with van der Waals surface area (Å²) in [5.41, 5.74) is 2.36. The summed E-state index contributed by atoms with van der Waals surface area (Å²) in [5, 5.41) is 9.80. The Hall–Kier alpha value is -2.80. The van der Waals surface area contributed by atoms with Crippen molar-refractivity contribution < 1.29 is 23.1 Å². The highest BCUT2D eigenvalue weighted by molar-refractivity contribution is 5.92. The van der Waals surface area contributed by atoms with E-state index in [0.29, 0.717) is 47.2 Å². The molecule has 1 aliphatic heterocycles. The highest BCUT2D eigenvalue weighted by Crippen LogP contribution is 2.53. The van der Waals surface area contributed by atoms with E-state index in [9.17, 15) is 23.1 Å². The van der Waals surface area contributed by atoms with Crippen LogP contribution in [0.4, 0.5) is 13.2 Å². The Bertz CT molecular complexity index is 1200. The van der Waals surface area contributed by atoms with Crippen molar-refractivity contribution in [1.82, 2.24) is 9.88 Å². The summed E-state index contributed by atoms with van der Waals surface area (Å²) in [5.74, 6) is -0.443. The summed E-state index contributed by atoms with van der Waals surface area (Å²) in [6, 6.07) is 8.10. The van der Waals surface area contributed by atoms with Gasteiger partial charge < -0.3 is 15.0 Å². The fourth-order valence-corrected chi connectivity index (χ4v) is 5.92. The number of benzene rings is 2. The maximum atomic E-state index is 14.5. The largest absolute Gasteiger partial charge is 0.396 e. The fraction of sp³-hybridized carbons (Fsp3) is 0.400. The van der Waals surface area contributed by atoms with Crippen molar-refractivity contribution in [2.75, 3.05) is 19.7 Å². The molecule has 2 aliphatic carbocycles. The lowest BCUT2D eigenvalue weighted by Gasteiger charge is -2.37. The number of halogens is 3. The molecule has 2 aromatic carbocycles. The van der Waals surface area contributed by atoms with Gasteiger partial charge in [-0.05, 0) is 78.0 Å². The van der Waals surface area contributed by atoms with Crippen LogP contribution in [0.25, 0.3) is 22.2 Å². The number of fused-ring (bicyclic) bond motifs is 2. The van der Waals surface area contributed by atoms with E-state index in [-0.39, 0.29) is 35.7 Å². The lowest BCUT2D eigenvalue weighted by molar-refractivity contribution is -0.138. The van der Waals surface area contributed by atoms with Crippen LogP contribution in [0, 0.1) is 41.1 Å². The van der Waals surface area contributed by atoms with Gasteiger partial charge in [-0.1, -0.05) is 0 Å². The lowest BCUT2D eigenvalue weighted by atomic mass is 9.69. The molecule has 1 amide bonds. The number of likely N-dealkylation sites (tertiary alicyclic amines) is 1. The number of aliphatic hydroxyl groups excluding tert-OH is 1. The number of hydrogen-bond acceptors (Lipinski definition) is 2. The Kier molecular flexibility index (Phi) is 4.41. The van der Waals surface area contributed by atoms with Gasteiger partial charge in [0.25, 0.3) is 0 Å². The van der Waals surface area contributed by atoms with Crippen molar-refractivity contribution in [3.63, 3.8) is 0 Å². The molecule has 0 radical (unpaired) electrons. The molecular weight excluding hydrogens is 417 g/mol. The summed E-state index contributed by atoms with van der Waals surface area (Å²) in [4.78, 5) is 18.0. The zero-order chi connectivity index (χ0) is 22.1. The number of aromatic amines is 1. The van der Waals surface area contributed by atoms with Crippen LogP contribution in [0.2, 0.25) is 0 Å². The third-order valence-electron chi connectivity index (χ3n) is 7.79. The second-order valence-corrected chi connectivity index (χ2v) is 9.51. The number of nitrogens with one attached hydrogen (secondary N) is 1. The van der Waals surface area contributed by atoms with Crippen molar-refractivity contribution in [2.45, 2.75) is 18.8 Å². The normalized spacial score (nSPS) is 28.6. The standard InChI is InChI=1S/C25H23F3N2O2/c26-15-3-1-12(2-4-15)23-22(17-7-16(27)8-21(28)24(17)29-23)13-5-14(6-13)25(32)30-9-18-19(10-30)20(18)11-31/h1-4,7-8,13-14,18-20,29,31H,5-6,9-11H2/t13?,14?,18-,19+,20?. The molecule has 1 saturated heterocycles. The van der Waals surface area contributed by atoms with Gasteiger partial charge in [0.15, 0.2) is 0 Å². The van der Waals surface area contributed by atoms with Gasteiger partial charge >= 0.3 is 0 Å². The minimum Gasteiger partial charge on any atom is -0.396 e. The van der Waals surface area contributed by atoms with E-state index in [4.69, 9.17) is 0 Å². The number of aliphatic hydroxyl groups is 1. The average Bonchev–Trinajstić information content (AvgIpc) is 3.05. The molecule has 32 heavy (non-hydrogen) atoms. The number of H-pyrrole nitrogens is 1. The second kappa shape index (κ2) is 7.10. The van der Waals surface area contributed by atoms with Gasteiger partial charge in [0, 0.05) is 37.1 Å². The summed E-state index contributed by atoms with van der Waals surface area (Å²) in [6.07, 6.45) is 1.24. The van der Waals surface area contributed by atoms with Crippen molar-refractivity contribution in [1.29, 1.82) is 0 Å². The maximum absolute atomic E-state index is 14.5.